The van der Waals surface area contributed by atoms with Crippen LogP contribution in [0.2, 0.25) is 9.13 Å². The third-order valence-electron chi connectivity index (χ3n) is 5.36. The Labute approximate surface area is 142 Å². The molecule has 18 heavy (non-hydrogen) atoms. The van der Waals surface area contributed by atoms with E-state index < -0.39 is 0 Å². The molecule has 0 amide bonds. The molecule has 2 atom stereocenters. The average molecular weight is 293 g/mol. The molecule has 0 N–H and O–H groups in total. The summed E-state index contributed by atoms with van der Waals surface area (Å²) in [5, 5.41) is 0. The number of rotatable bonds is 5. The van der Waals surface area contributed by atoms with E-state index in [0.29, 0.717) is 0 Å². The summed E-state index contributed by atoms with van der Waals surface area (Å²) in [5.74, 6) is 7.48. The molecule has 0 spiro atoms. The fraction of sp³-hybridized carbons (Fsp3) is 0.867. The Morgan fingerprint density at radius 1 is 0.833 bits per heavy atom. The van der Waals surface area contributed by atoms with Crippen molar-refractivity contribution in [1.29, 1.82) is 0 Å². The van der Waals surface area contributed by atoms with Crippen LogP contribution in [-0.2, 0) is 0 Å². The topological polar surface area (TPSA) is 0 Å². The SMILES string of the molecule is C1CC1[C-]1CC1[Se]C1(C2C[C-]2C2CC2)CC1.[Li+].[Li+]. The Morgan fingerprint density at radius 3 is 2.00 bits per heavy atom. The van der Waals surface area contributed by atoms with Crippen molar-refractivity contribution >= 4 is 15.0 Å². The van der Waals surface area contributed by atoms with E-state index in [0.717, 1.165) is 37.0 Å². The van der Waals surface area contributed by atoms with Crippen LogP contribution in [0.4, 0.5) is 0 Å². The van der Waals surface area contributed by atoms with Crippen LogP contribution >= 0.6 is 0 Å². The van der Waals surface area contributed by atoms with E-state index in [2.05, 4.69) is 0 Å². The zero-order valence-corrected chi connectivity index (χ0v) is 13.6. The van der Waals surface area contributed by atoms with Crippen molar-refractivity contribution in [1.82, 2.24) is 0 Å². The minimum absolute atomic E-state index is 0. The van der Waals surface area contributed by atoms with Gasteiger partial charge in [0.1, 0.15) is 0 Å². The third kappa shape index (κ3) is 2.59. The maximum absolute atomic E-state index is 2.04. The molecule has 0 nitrogen and oxygen atoms in total. The van der Waals surface area contributed by atoms with Gasteiger partial charge in [0.25, 0.3) is 0 Å². The minimum atomic E-state index is 0. The van der Waals surface area contributed by atoms with Crippen molar-refractivity contribution in [3.63, 3.8) is 0 Å². The smallest absolute Gasteiger partial charge is 1.00 e. The predicted octanol–water partition coefficient (Wildman–Crippen LogP) is -2.17. The fourth-order valence-corrected chi connectivity index (χ4v) is 7.75. The molecule has 5 aliphatic carbocycles. The number of hydrogen-bond donors (Lipinski definition) is 0. The Kier molecular flexibility index (Phi) is 3.96. The van der Waals surface area contributed by atoms with Crippen molar-refractivity contribution in [2.75, 3.05) is 0 Å². The van der Waals surface area contributed by atoms with Gasteiger partial charge in [0, 0.05) is 0 Å². The standard InChI is InChI=1S/C15H20Se.2Li/c1-2-9(1)11-7-13(11)15(5-6-15)16-14-8-12(14)10-3-4-10;;/h9-10,13-14H,1-8H2;;/q-2;2*+1. The molecule has 0 radical (unpaired) electrons. The predicted molar refractivity (Wildman–Crippen MR) is 66.1 cm³/mol. The van der Waals surface area contributed by atoms with E-state index >= 15 is 0 Å². The summed E-state index contributed by atoms with van der Waals surface area (Å²) < 4.78 is 0.937. The first kappa shape index (κ1) is 14.6. The molecule has 88 valence electrons. The molecule has 0 heterocycles. The molecule has 0 aromatic carbocycles. The van der Waals surface area contributed by atoms with E-state index in [1.807, 2.05) is 11.8 Å². The molecule has 2 unspecified atom stereocenters. The molecule has 0 saturated heterocycles. The summed E-state index contributed by atoms with van der Waals surface area (Å²) in [6, 6.07) is 0. The molecule has 3 heteroatoms. The van der Waals surface area contributed by atoms with Crippen LogP contribution in [0.5, 0.6) is 0 Å². The van der Waals surface area contributed by atoms with Gasteiger partial charge in [0.2, 0.25) is 0 Å². The van der Waals surface area contributed by atoms with Gasteiger partial charge >= 0.3 is 143 Å². The van der Waals surface area contributed by atoms with E-state index in [1.54, 1.807) is 51.4 Å². The van der Waals surface area contributed by atoms with Crippen LogP contribution in [0.15, 0.2) is 0 Å². The maximum atomic E-state index is 2.04. The zero-order valence-electron chi connectivity index (χ0n) is 11.9. The zero-order chi connectivity index (χ0) is 10.3. The summed E-state index contributed by atoms with van der Waals surface area (Å²) in [5.41, 5.74) is 0. The molecule has 0 aliphatic heterocycles. The summed E-state index contributed by atoms with van der Waals surface area (Å²) >= 11 is 1.01. The van der Waals surface area contributed by atoms with Crippen LogP contribution < -0.4 is 37.7 Å². The van der Waals surface area contributed by atoms with Gasteiger partial charge in [-0.1, -0.05) is 0 Å². The van der Waals surface area contributed by atoms with E-state index in [-0.39, 0.29) is 37.7 Å². The first-order valence-electron chi connectivity index (χ1n) is 7.25. The first-order chi connectivity index (χ1) is 7.86. The Bertz CT molecular complexity index is 333. The monoisotopic (exact) mass is 294 g/mol. The van der Waals surface area contributed by atoms with Crippen LogP contribution in [0, 0.1) is 29.6 Å². The van der Waals surface area contributed by atoms with E-state index in [1.165, 1.54) is 4.82 Å². The Hall–Kier alpha value is 1.71. The second-order valence-electron chi connectivity index (χ2n) is 6.83. The molecule has 5 rings (SSSR count). The van der Waals surface area contributed by atoms with Gasteiger partial charge in [-0.25, -0.2) is 0 Å². The molecule has 0 bridgehead atoms. The third-order valence-corrected chi connectivity index (χ3v) is 9.38. The van der Waals surface area contributed by atoms with Gasteiger partial charge in [0.15, 0.2) is 0 Å². The van der Waals surface area contributed by atoms with Gasteiger partial charge in [-0.15, -0.1) is 0 Å². The summed E-state index contributed by atoms with van der Waals surface area (Å²) in [4.78, 5) is 1.17. The minimum Gasteiger partial charge on any atom is 1.00 e. The van der Waals surface area contributed by atoms with Gasteiger partial charge < -0.3 is 0 Å². The van der Waals surface area contributed by atoms with Crippen LogP contribution in [0.1, 0.15) is 51.4 Å². The normalized spacial score (nSPS) is 40.7. The van der Waals surface area contributed by atoms with Gasteiger partial charge in [0.05, 0.1) is 0 Å². The molecule has 5 aliphatic rings. The summed E-state index contributed by atoms with van der Waals surface area (Å²) in [6.07, 6.45) is 12.6. The van der Waals surface area contributed by atoms with Gasteiger partial charge in [-0.2, -0.15) is 0 Å². The van der Waals surface area contributed by atoms with E-state index in [4.69, 9.17) is 0 Å². The maximum Gasteiger partial charge on any atom is 1.00 e. The van der Waals surface area contributed by atoms with Crippen molar-refractivity contribution in [2.24, 2.45) is 17.8 Å². The largest absolute Gasteiger partial charge is 1.00 e. The Balaban J connectivity index is 0.000000500. The van der Waals surface area contributed by atoms with Crippen molar-refractivity contribution < 1.29 is 37.7 Å². The van der Waals surface area contributed by atoms with Gasteiger partial charge in [-0.05, 0) is 0 Å². The van der Waals surface area contributed by atoms with Crippen LogP contribution in [0.25, 0.3) is 0 Å². The van der Waals surface area contributed by atoms with Crippen molar-refractivity contribution in [3.05, 3.63) is 11.8 Å². The number of hydrogen-bond acceptors (Lipinski definition) is 0. The molecule has 5 saturated carbocycles. The molecular weight excluding hydrogens is 273 g/mol. The summed E-state index contributed by atoms with van der Waals surface area (Å²) in [6.45, 7) is 0. The van der Waals surface area contributed by atoms with Crippen molar-refractivity contribution in [3.8, 4) is 0 Å². The molecular formula is C15H20Li2Se. The quantitative estimate of drug-likeness (QED) is 0.400. The fourth-order valence-electron chi connectivity index (χ4n) is 3.72. The Morgan fingerprint density at radius 2 is 1.44 bits per heavy atom. The first-order valence-corrected chi connectivity index (χ1v) is 9.09. The molecule has 0 aromatic heterocycles. The van der Waals surface area contributed by atoms with Crippen LogP contribution in [0.3, 0.4) is 0 Å². The molecule has 5 fully saturated rings. The van der Waals surface area contributed by atoms with E-state index in [9.17, 15) is 0 Å². The second-order valence-corrected chi connectivity index (χ2v) is 10.2. The van der Waals surface area contributed by atoms with Gasteiger partial charge in [-0.3, -0.25) is 0 Å². The van der Waals surface area contributed by atoms with Crippen LogP contribution in [-0.4, -0.2) is 15.0 Å². The molecule has 0 aromatic rings. The van der Waals surface area contributed by atoms with Crippen molar-refractivity contribution in [2.45, 2.75) is 60.5 Å². The second kappa shape index (κ2) is 4.87. The summed E-state index contributed by atoms with van der Waals surface area (Å²) in [7, 11) is 0. The average Bonchev–Trinajstić information content (AvgIpc) is 3.07.